The number of carbonyl (C=O) groups is 2. The topological polar surface area (TPSA) is 180 Å². The standard InChI is InChI=1S/C36H67O11P/c1-3-5-7-8-9-10-11-12-13-19-23-36(41)47-30(28-46-48(42,43)44)27-45-35(40)22-18-15-14-17-21-31-32(34(39)26-33(31)38)25-24-29(37)20-16-6-4-2/h24-25,29-34,37-39H,3-23,26-28H2,1-2H3,(H2,42,43,44)/b25-24+/t29-,30+,31+,32+,33-,34+/m0/s1. The van der Waals surface area contributed by atoms with Crippen molar-refractivity contribution < 1.29 is 53.3 Å². The number of aliphatic hydroxyl groups is 3. The Morgan fingerprint density at radius 3 is 1.90 bits per heavy atom. The molecule has 11 nitrogen and oxygen atoms in total. The SMILES string of the molecule is CCCCCCCCCCCCC(=O)O[C@H](COC(=O)CCCCCC[C@@H]1[C@@H](/C=C/[C@@H](O)CCCCC)[C@H](O)C[C@@H]1O)COP(=O)(O)O. The van der Waals surface area contributed by atoms with Crippen molar-refractivity contribution in [1.29, 1.82) is 0 Å². The second-order valence-corrected chi connectivity index (χ2v) is 14.8. The first kappa shape index (κ1) is 44.7. The molecule has 0 heterocycles. The summed E-state index contributed by atoms with van der Waals surface area (Å²) >= 11 is 0. The molecule has 12 heteroatoms. The summed E-state index contributed by atoms with van der Waals surface area (Å²) in [5.74, 6) is -1.30. The zero-order valence-corrected chi connectivity index (χ0v) is 30.6. The molecule has 1 saturated carbocycles. The highest BCUT2D eigenvalue weighted by Gasteiger charge is 2.39. The van der Waals surface area contributed by atoms with Crippen molar-refractivity contribution in [3.8, 4) is 0 Å². The normalized spacial score (nSPS) is 21.1. The fourth-order valence-corrected chi connectivity index (χ4v) is 6.65. The van der Waals surface area contributed by atoms with Crippen molar-refractivity contribution in [3.05, 3.63) is 12.2 Å². The van der Waals surface area contributed by atoms with Gasteiger partial charge in [-0.25, -0.2) is 4.57 Å². The molecule has 282 valence electrons. The van der Waals surface area contributed by atoms with Crippen LogP contribution in [0.25, 0.3) is 0 Å². The summed E-state index contributed by atoms with van der Waals surface area (Å²) in [6.45, 7) is 3.37. The Morgan fingerprint density at radius 1 is 0.750 bits per heavy atom. The summed E-state index contributed by atoms with van der Waals surface area (Å²) in [7, 11) is -4.79. The van der Waals surface area contributed by atoms with Gasteiger partial charge in [0.05, 0.1) is 24.9 Å². The molecule has 1 aliphatic rings. The Kier molecular flexibility index (Phi) is 25.5. The number of esters is 2. The predicted octanol–water partition coefficient (Wildman–Crippen LogP) is 7.06. The van der Waals surface area contributed by atoms with E-state index in [-0.39, 0.29) is 31.3 Å². The van der Waals surface area contributed by atoms with Crippen LogP contribution < -0.4 is 0 Å². The Balaban J connectivity index is 2.32. The lowest BCUT2D eigenvalue weighted by molar-refractivity contribution is -0.161. The average molecular weight is 707 g/mol. The maximum atomic E-state index is 12.3. The minimum atomic E-state index is -4.79. The molecule has 0 saturated heterocycles. The van der Waals surface area contributed by atoms with Crippen molar-refractivity contribution in [2.24, 2.45) is 11.8 Å². The number of hydrogen-bond acceptors (Lipinski definition) is 9. The molecule has 0 radical (unpaired) electrons. The number of phosphoric acid groups is 1. The molecular weight excluding hydrogens is 639 g/mol. The fourth-order valence-electron chi connectivity index (χ4n) is 6.29. The third-order valence-electron chi connectivity index (χ3n) is 9.13. The van der Waals surface area contributed by atoms with Crippen LogP contribution in [-0.2, 0) is 28.2 Å². The molecule has 1 fully saturated rings. The second-order valence-electron chi connectivity index (χ2n) is 13.5. The fraction of sp³-hybridized carbons (Fsp3) is 0.889. The second kappa shape index (κ2) is 27.4. The Labute approximate surface area is 289 Å². The van der Waals surface area contributed by atoms with Gasteiger partial charge in [-0.1, -0.05) is 122 Å². The van der Waals surface area contributed by atoms with Gasteiger partial charge in [0.1, 0.15) is 6.61 Å². The number of rotatable bonds is 30. The van der Waals surface area contributed by atoms with Gasteiger partial charge in [-0.15, -0.1) is 0 Å². The first-order valence-electron chi connectivity index (χ1n) is 18.7. The van der Waals surface area contributed by atoms with E-state index in [4.69, 9.17) is 19.3 Å². The lowest BCUT2D eigenvalue weighted by atomic mass is 9.88. The number of hydrogen-bond donors (Lipinski definition) is 5. The smallest absolute Gasteiger partial charge is 0.462 e. The van der Waals surface area contributed by atoms with Crippen molar-refractivity contribution >= 4 is 19.8 Å². The summed E-state index contributed by atoms with van der Waals surface area (Å²) < 4.78 is 26.3. The van der Waals surface area contributed by atoms with Gasteiger partial charge in [-0.3, -0.25) is 14.1 Å². The number of carbonyl (C=O) groups excluding carboxylic acids is 2. The molecule has 0 aromatic carbocycles. The Bertz CT molecular complexity index is 908. The van der Waals surface area contributed by atoms with E-state index < -0.39 is 50.8 Å². The largest absolute Gasteiger partial charge is 0.469 e. The van der Waals surface area contributed by atoms with E-state index in [9.17, 15) is 29.5 Å². The Hall–Kier alpha value is -1.33. The Morgan fingerprint density at radius 2 is 1.29 bits per heavy atom. The van der Waals surface area contributed by atoms with E-state index in [1.807, 2.05) is 6.08 Å². The molecule has 0 unspecified atom stereocenters. The summed E-state index contributed by atoms with van der Waals surface area (Å²) in [6, 6.07) is 0. The summed E-state index contributed by atoms with van der Waals surface area (Å²) in [4.78, 5) is 42.8. The molecule has 5 N–H and O–H groups in total. The van der Waals surface area contributed by atoms with E-state index in [1.165, 1.54) is 38.5 Å². The summed E-state index contributed by atoms with van der Waals surface area (Å²) in [5, 5.41) is 31.2. The van der Waals surface area contributed by atoms with Crippen molar-refractivity contribution in [2.75, 3.05) is 13.2 Å². The van der Waals surface area contributed by atoms with Crippen molar-refractivity contribution in [3.63, 3.8) is 0 Å². The van der Waals surface area contributed by atoms with Gasteiger partial charge in [-0.2, -0.15) is 0 Å². The minimum absolute atomic E-state index is 0.0795. The predicted molar refractivity (Wildman–Crippen MR) is 186 cm³/mol. The monoisotopic (exact) mass is 706 g/mol. The highest BCUT2D eigenvalue weighted by molar-refractivity contribution is 7.46. The maximum Gasteiger partial charge on any atom is 0.469 e. The molecule has 0 aliphatic heterocycles. The van der Waals surface area contributed by atoms with Crippen molar-refractivity contribution in [1.82, 2.24) is 0 Å². The molecule has 1 rings (SSSR count). The van der Waals surface area contributed by atoms with Crippen LogP contribution in [-0.4, -0.2) is 74.7 Å². The maximum absolute atomic E-state index is 12.3. The third kappa shape index (κ3) is 23.1. The van der Waals surface area contributed by atoms with E-state index in [0.29, 0.717) is 25.7 Å². The third-order valence-corrected chi connectivity index (χ3v) is 9.62. The molecule has 0 aromatic heterocycles. The van der Waals surface area contributed by atoms with Gasteiger partial charge in [0.2, 0.25) is 0 Å². The van der Waals surface area contributed by atoms with Crippen LogP contribution in [0.3, 0.4) is 0 Å². The van der Waals surface area contributed by atoms with Crippen molar-refractivity contribution in [2.45, 2.75) is 180 Å². The van der Waals surface area contributed by atoms with Crippen LogP contribution in [0.15, 0.2) is 12.2 Å². The lowest BCUT2D eigenvalue weighted by Gasteiger charge is -2.21. The number of phosphoric ester groups is 1. The van der Waals surface area contributed by atoms with Crippen LogP contribution in [0.5, 0.6) is 0 Å². The first-order chi connectivity index (χ1) is 23.0. The highest BCUT2D eigenvalue weighted by atomic mass is 31.2. The van der Waals surface area contributed by atoms with Gasteiger partial charge in [-0.05, 0) is 31.6 Å². The summed E-state index contributed by atoms with van der Waals surface area (Å²) in [6.07, 6.45) is 20.1. The van der Waals surface area contributed by atoms with Crippen LogP contribution >= 0.6 is 7.82 Å². The molecule has 1 aliphatic carbocycles. The zero-order valence-electron chi connectivity index (χ0n) is 29.7. The lowest BCUT2D eigenvalue weighted by Crippen LogP contribution is -2.29. The highest BCUT2D eigenvalue weighted by Crippen LogP contribution is 2.37. The average Bonchev–Trinajstić information content (AvgIpc) is 3.30. The van der Waals surface area contributed by atoms with Gasteiger partial charge in [0.15, 0.2) is 6.10 Å². The van der Waals surface area contributed by atoms with E-state index in [0.717, 1.165) is 64.2 Å². The molecule has 0 bridgehead atoms. The van der Waals surface area contributed by atoms with E-state index in [2.05, 4.69) is 18.4 Å². The first-order valence-corrected chi connectivity index (χ1v) is 20.3. The van der Waals surface area contributed by atoms with Gasteiger partial charge in [0.25, 0.3) is 0 Å². The van der Waals surface area contributed by atoms with Gasteiger partial charge >= 0.3 is 19.8 Å². The van der Waals surface area contributed by atoms with Crippen LogP contribution in [0, 0.1) is 11.8 Å². The van der Waals surface area contributed by atoms with Crippen LogP contribution in [0.1, 0.15) is 155 Å². The number of aliphatic hydroxyl groups excluding tert-OH is 3. The van der Waals surface area contributed by atoms with Gasteiger partial charge < -0.3 is 34.6 Å². The molecule has 6 atom stereocenters. The zero-order chi connectivity index (χ0) is 35.6. The quantitative estimate of drug-likeness (QED) is 0.0223. The molecule has 48 heavy (non-hydrogen) atoms. The van der Waals surface area contributed by atoms with E-state index in [1.54, 1.807) is 6.08 Å². The summed E-state index contributed by atoms with van der Waals surface area (Å²) in [5.41, 5.74) is 0. The van der Waals surface area contributed by atoms with Crippen LogP contribution in [0.2, 0.25) is 0 Å². The number of ether oxygens (including phenoxy) is 2. The van der Waals surface area contributed by atoms with Crippen LogP contribution in [0.4, 0.5) is 0 Å². The van der Waals surface area contributed by atoms with E-state index >= 15 is 0 Å². The molecule has 0 spiro atoms. The number of unbranched alkanes of at least 4 members (excludes halogenated alkanes) is 14. The molecule has 0 aromatic rings. The minimum Gasteiger partial charge on any atom is -0.462 e. The molecule has 0 amide bonds. The molecular formula is C36H67O11P. The van der Waals surface area contributed by atoms with Gasteiger partial charge in [0, 0.05) is 25.2 Å².